The molecular formula is C30H44N4O7. The lowest BCUT2D eigenvalue weighted by Crippen LogP contribution is -2.45. The van der Waals surface area contributed by atoms with E-state index in [0.29, 0.717) is 61.4 Å². The number of aromatic nitrogens is 1. The third kappa shape index (κ3) is 7.51. The van der Waals surface area contributed by atoms with E-state index >= 15 is 0 Å². The number of aryl methyl sites for hydroxylation is 2. The van der Waals surface area contributed by atoms with E-state index in [4.69, 9.17) is 18.6 Å². The fourth-order valence-corrected chi connectivity index (χ4v) is 5.90. The maximum Gasteiger partial charge on any atom is 0.308 e. The van der Waals surface area contributed by atoms with E-state index in [9.17, 15) is 14.7 Å². The molecule has 2 aliphatic rings. The number of benzene rings is 1. The van der Waals surface area contributed by atoms with Gasteiger partial charge in [0.25, 0.3) is 0 Å². The number of methoxy groups -OCH3 is 1. The SMILES string of the molecule is CCCCN(CCCN(C)C)C(=O)CN1CC(c2cc(OC)c3c(c2)OCO3)C(C(=O)O)C1CCc1ncc(C)o1. The second-order valence-corrected chi connectivity index (χ2v) is 11.2. The highest BCUT2D eigenvalue weighted by molar-refractivity contribution is 5.79. The van der Waals surface area contributed by atoms with Gasteiger partial charge in [-0.05, 0) is 64.5 Å². The van der Waals surface area contributed by atoms with E-state index in [2.05, 4.69) is 16.8 Å². The number of hydrogen-bond donors (Lipinski definition) is 1. The summed E-state index contributed by atoms with van der Waals surface area (Å²) < 4.78 is 22.4. The Kier molecular flexibility index (Phi) is 10.5. The Balaban J connectivity index is 1.61. The van der Waals surface area contributed by atoms with Gasteiger partial charge in [0, 0.05) is 38.0 Å². The van der Waals surface area contributed by atoms with Crippen LogP contribution in [0, 0.1) is 12.8 Å². The number of oxazole rings is 1. The molecule has 1 N–H and O–H groups in total. The van der Waals surface area contributed by atoms with Crippen molar-refractivity contribution in [1.29, 1.82) is 0 Å². The van der Waals surface area contributed by atoms with Crippen LogP contribution in [0.1, 0.15) is 55.7 Å². The highest BCUT2D eigenvalue weighted by atomic mass is 16.7. The number of amides is 1. The molecule has 0 spiro atoms. The quantitative estimate of drug-likeness (QED) is 0.340. The number of carbonyl (C=O) groups excluding carboxylic acids is 1. The Hall–Kier alpha value is -3.31. The molecule has 1 aromatic carbocycles. The Labute approximate surface area is 242 Å². The maximum absolute atomic E-state index is 13.7. The first-order valence-corrected chi connectivity index (χ1v) is 14.5. The van der Waals surface area contributed by atoms with Crippen molar-refractivity contribution in [3.8, 4) is 17.2 Å². The first kappa shape index (κ1) is 30.6. The second-order valence-electron chi connectivity index (χ2n) is 11.2. The molecule has 3 unspecified atom stereocenters. The molecule has 41 heavy (non-hydrogen) atoms. The molecule has 0 bridgehead atoms. The Morgan fingerprint density at radius 3 is 2.61 bits per heavy atom. The van der Waals surface area contributed by atoms with Crippen molar-refractivity contribution in [2.75, 3.05) is 60.7 Å². The second kappa shape index (κ2) is 14.0. The summed E-state index contributed by atoms with van der Waals surface area (Å²) in [6, 6.07) is 3.29. The van der Waals surface area contributed by atoms with Gasteiger partial charge in [-0.2, -0.15) is 0 Å². The van der Waals surface area contributed by atoms with Gasteiger partial charge in [-0.1, -0.05) is 13.3 Å². The first-order chi connectivity index (χ1) is 19.7. The van der Waals surface area contributed by atoms with Crippen LogP contribution in [0.5, 0.6) is 17.2 Å². The molecular weight excluding hydrogens is 528 g/mol. The average molecular weight is 573 g/mol. The van der Waals surface area contributed by atoms with Crippen molar-refractivity contribution in [3.63, 3.8) is 0 Å². The van der Waals surface area contributed by atoms with Gasteiger partial charge in [0.05, 0.1) is 25.8 Å². The van der Waals surface area contributed by atoms with Gasteiger partial charge in [-0.15, -0.1) is 0 Å². The summed E-state index contributed by atoms with van der Waals surface area (Å²) in [4.78, 5) is 37.0. The van der Waals surface area contributed by atoms with Crippen LogP contribution >= 0.6 is 0 Å². The minimum absolute atomic E-state index is 0.0298. The lowest BCUT2D eigenvalue weighted by Gasteiger charge is -2.30. The number of aliphatic carboxylic acids is 1. The lowest BCUT2D eigenvalue weighted by atomic mass is 9.83. The number of likely N-dealkylation sites (tertiary alicyclic amines) is 1. The van der Waals surface area contributed by atoms with Gasteiger partial charge in [0.2, 0.25) is 18.4 Å². The molecule has 1 fully saturated rings. The molecule has 226 valence electrons. The number of fused-ring (bicyclic) bond motifs is 1. The van der Waals surface area contributed by atoms with E-state index in [0.717, 1.165) is 31.4 Å². The van der Waals surface area contributed by atoms with Crippen molar-refractivity contribution in [3.05, 3.63) is 35.5 Å². The smallest absolute Gasteiger partial charge is 0.308 e. The molecule has 0 saturated carbocycles. The molecule has 1 aromatic heterocycles. The van der Waals surface area contributed by atoms with Gasteiger partial charge in [0.1, 0.15) is 5.76 Å². The topological polar surface area (TPSA) is 118 Å². The zero-order valence-electron chi connectivity index (χ0n) is 24.9. The zero-order chi connectivity index (χ0) is 29.5. The van der Waals surface area contributed by atoms with Gasteiger partial charge >= 0.3 is 5.97 Å². The molecule has 1 saturated heterocycles. The van der Waals surface area contributed by atoms with Crippen LogP contribution < -0.4 is 14.2 Å². The summed E-state index contributed by atoms with van der Waals surface area (Å²) in [5.41, 5.74) is 0.791. The van der Waals surface area contributed by atoms with Crippen molar-refractivity contribution in [1.82, 2.24) is 19.7 Å². The van der Waals surface area contributed by atoms with Crippen LogP contribution in [0.2, 0.25) is 0 Å². The number of carbonyl (C=O) groups is 2. The molecule has 0 radical (unpaired) electrons. The van der Waals surface area contributed by atoms with E-state index < -0.39 is 11.9 Å². The molecule has 1 amide bonds. The predicted octanol–water partition coefficient (Wildman–Crippen LogP) is 3.40. The molecule has 11 nitrogen and oxygen atoms in total. The standard InChI is InChI=1S/C30H44N4O7/c1-6-7-12-33(13-8-11-32(3)4)27(35)18-34-17-22(21-14-24(38-5)29-25(15-21)39-19-40-29)28(30(36)37)23(34)9-10-26-31-16-20(2)41-26/h14-16,22-23,28H,6-13,17-19H2,1-5H3,(H,36,37). The summed E-state index contributed by atoms with van der Waals surface area (Å²) in [6.45, 7) is 6.88. The first-order valence-electron chi connectivity index (χ1n) is 14.5. The Morgan fingerprint density at radius 2 is 1.95 bits per heavy atom. The normalized spacial score (nSPS) is 20.1. The Bertz CT molecular complexity index is 1180. The van der Waals surface area contributed by atoms with Crippen molar-refractivity contribution >= 4 is 11.9 Å². The molecule has 11 heteroatoms. The van der Waals surface area contributed by atoms with Crippen LogP contribution in [0.15, 0.2) is 22.7 Å². The number of rotatable bonds is 15. The number of unbranched alkanes of at least 4 members (excludes halogenated alkanes) is 1. The minimum atomic E-state index is -0.899. The van der Waals surface area contributed by atoms with E-state index in [1.165, 1.54) is 0 Å². The van der Waals surface area contributed by atoms with E-state index in [1.54, 1.807) is 13.3 Å². The largest absolute Gasteiger partial charge is 0.493 e. The molecule has 3 heterocycles. The van der Waals surface area contributed by atoms with Gasteiger partial charge in [0.15, 0.2) is 17.4 Å². The van der Waals surface area contributed by atoms with Gasteiger partial charge in [-0.25, -0.2) is 4.98 Å². The summed E-state index contributed by atoms with van der Waals surface area (Å²) in [6.07, 6.45) is 5.45. The minimum Gasteiger partial charge on any atom is -0.493 e. The monoisotopic (exact) mass is 572 g/mol. The fraction of sp³-hybridized carbons (Fsp3) is 0.633. The molecule has 2 aromatic rings. The van der Waals surface area contributed by atoms with E-state index in [-0.39, 0.29) is 31.2 Å². The summed E-state index contributed by atoms with van der Waals surface area (Å²) in [5.74, 6) is 0.852. The van der Waals surface area contributed by atoms with Crippen LogP contribution in [-0.2, 0) is 16.0 Å². The molecule has 4 rings (SSSR count). The summed E-state index contributed by atoms with van der Waals surface area (Å²) >= 11 is 0. The average Bonchev–Trinajstić information content (AvgIpc) is 3.66. The van der Waals surface area contributed by atoms with Crippen molar-refractivity contribution < 1.29 is 33.3 Å². The molecule has 3 atom stereocenters. The number of carboxylic acids is 1. The fourth-order valence-electron chi connectivity index (χ4n) is 5.90. The number of hydrogen-bond acceptors (Lipinski definition) is 9. The van der Waals surface area contributed by atoms with E-state index in [1.807, 2.05) is 43.0 Å². The summed E-state index contributed by atoms with van der Waals surface area (Å²) in [7, 11) is 5.61. The predicted molar refractivity (Wildman–Crippen MR) is 153 cm³/mol. The number of ether oxygens (including phenoxy) is 3. The third-order valence-electron chi connectivity index (χ3n) is 7.97. The van der Waals surface area contributed by atoms with Crippen LogP contribution in [0.3, 0.4) is 0 Å². The van der Waals surface area contributed by atoms with Crippen LogP contribution in [0.25, 0.3) is 0 Å². The van der Waals surface area contributed by atoms with Crippen molar-refractivity contribution in [2.24, 2.45) is 5.92 Å². The third-order valence-corrected chi connectivity index (χ3v) is 7.97. The zero-order valence-corrected chi connectivity index (χ0v) is 24.9. The van der Waals surface area contributed by atoms with Crippen LogP contribution in [0.4, 0.5) is 0 Å². The van der Waals surface area contributed by atoms with Crippen LogP contribution in [-0.4, -0.2) is 103 Å². The Morgan fingerprint density at radius 1 is 1.17 bits per heavy atom. The molecule has 2 aliphatic heterocycles. The van der Waals surface area contributed by atoms with Gasteiger partial charge < -0.3 is 33.5 Å². The highest BCUT2D eigenvalue weighted by Crippen LogP contribution is 2.47. The van der Waals surface area contributed by atoms with Gasteiger partial charge in [-0.3, -0.25) is 14.5 Å². The van der Waals surface area contributed by atoms with Crippen molar-refractivity contribution in [2.45, 2.75) is 57.9 Å². The number of carboxylic acid groups (broad SMARTS) is 1. The maximum atomic E-state index is 13.7. The summed E-state index contributed by atoms with van der Waals surface area (Å²) in [5, 5.41) is 10.5. The highest BCUT2D eigenvalue weighted by Gasteiger charge is 2.47. The lowest BCUT2D eigenvalue weighted by molar-refractivity contribution is -0.143. The molecule has 0 aliphatic carbocycles. The number of nitrogens with zero attached hydrogens (tertiary/aromatic N) is 4.